The van der Waals surface area contributed by atoms with Crippen LogP contribution >= 0.6 is 0 Å². The van der Waals surface area contributed by atoms with E-state index in [1.54, 1.807) is 30.3 Å². The SMILES string of the molecule is CCC(C)NCC(O)CS(=O)(=O)c1ccccc1. The molecular weight excluding hydrogens is 250 g/mol. The average molecular weight is 271 g/mol. The van der Waals surface area contributed by atoms with Crippen molar-refractivity contribution in [1.29, 1.82) is 0 Å². The number of rotatable bonds is 7. The van der Waals surface area contributed by atoms with Crippen LogP contribution < -0.4 is 5.32 Å². The van der Waals surface area contributed by atoms with Gasteiger partial charge in [-0.15, -0.1) is 0 Å². The Kier molecular flexibility index (Phi) is 5.78. The van der Waals surface area contributed by atoms with Gasteiger partial charge in [0.2, 0.25) is 0 Å². The van der Waals surface area contributed by atoms with Gasteiger partial charge in [0, 0.05) is 12.6 Å². The molecule has 2 unspecified atom stereocenters. The van der Waals surface area contributed by atoms with Crippen molar-refractivity contribution in [3.05, 3.63) is 30.3 Å². The molecule has 0 aliphatic heterocycles. The van der Waals surface area contributed by atoms with E-state index in [4.69, 9.17) is 0 Å². The Hall–Kier alpha value is -0.910. The zero-order chi connectivity index (χ0) is 13.6. The molecule has 1 rings (SSSR count). The lowest BCUT2D eigenvalue weighted by atomic mass is 10.2. The highest BCUT2D eigenvalue weighted by Gasteiger charge is 2.19. The molecule has 102 valence electrons. The Morgan fingerprint density at radius 1 is 1.28 bits per heavy atom. The Morgan fingerprint density at radius 3 is 2.44 bits per heavy atom. The van der Waals surface area contributed by atoms with Gasteiger partial charge in [-0.2, -0.15) is 0 Å². The third-order valence-corrected chi connectivity index (χ3v) is 4.64. The van der Waals surface area contributed by atoms with E-state index in [-0.39, 0.29) is 16.7 Å². The van der Waals surface area contributed by atoms with Crippen molar-refractivity contribution in [1.82, 2.24) is 5.32 Å². The minimum absolute atomic E-state index is 0.250. The number of hydrogen-bond donors (Lipinski definition) is 2. The number of aliphatic hydroxyl groups is 1. The second kappa shape index (κ2) is 6.87. The molecule has 4 nitrogen and oxygen atoms in total. The number of nitrogens with one attached hydrogen (secondary N) is 1. The van der Waals surface area contributed by atoms with Crippen LogP contribution in [-0.4, -0.2) is 38.0 Å². The summed E-state index contributed by atoms with van der Waals surface area (Å²) < 4.78 is 23.9. The highest BCUT2D eigenvalue weighted by atomic mass is 32.2. The van der Waals surface area contributed by atoms with E-state index in [0.29, 0.717) is 6.54 Å². The quantitative estimate of drug-likeness (QED) is 0.782. The standard InChI is InChI=1S/C13H21NO3S/c1-3-11(2)14-9-12(15)10-18(16,17)13-7-5-4-6-8-13/h4-8,11-12,14-15H,3,9-10H2,1-2H3. The van der Waals surface area contributed by atoms with E-state index < -0.39 is 15.9 Å². The van der Waals surface area contributed by atoms with Crippen LogP contribution in [0, 0.1) is 0 Å². The normalized spacial score (nSPS) is 15.3. The van der Waals surface area contributed by atoms with Crippen LogP contribution in [0.5, 0.6) is 0 Å². The summed E-state index contributed by atoms with van der Waals surface area (Å²) in [5, 5.41) is 12.8. The van der Waals surface area contributed by atoms with Crippen LogP contribution in [-0.2, 0) is 9.84 Å². The number of sulfone groups is 1. The molecule has 0 aromatic heterocycles. The first-order chi connectivity index (χ1) is 8.45. The molecule has 0 radical (unpaired) electrons. The molecule has 0 bridgehead atoms. The van der Waals surface area contributed by atoms with Gasteiger partial charge in [-0.25, -0.2) is 8.42 Å². The van der Waals surface area contributed by atoms with Gasteiger partial charge >= 0.3 is 0 Å². The lowest BCUT2D eigenvalue weighted by molar-refractivity contribution is 0.189. The van der Waals surface area contributed by atoms with Gasteiger partial charge in [0.15, 0.2) is 9.84 Å². The minimum Gasteiger partial charge on any atom is -0.391 e. The second-order valence-corrected chi connectivity index (χ2v) is 6.50. The van der Waals surface area contributed by atoms with Gasteiger partial charge in [-0.05, 0) is 25.5 Å². The fourth-order valence-electron chi connectivity index (χ4n) is 1.52. The monoisotopic (exact) mass is 271 g/mol. The van der Waals surface area contributed by atoms with Crippen molar-refractivity contribution in [3.8, 4) is 0 Å². The molecule has 1 aromatic rings. The van der Waals surface area contributed by atoms with Crippen molar-refractivity contribution >= 4 is 9.84 Å². The minimum atomic E-state index is -3.40. The van der Waals surface area contributed by atoms with Crippen LogP contribution in [0.2, 0.25) is 0 Å². The molecule has 1 aromatic carbocycles. The zero-order valence-corrected chi connectivity index (χ0v) is 11.7. The molecular formula is C13H21NO3S. The van der Waals surface area contributed by atoms with Crippen LogP contribution in [0.4, 0.5) is 0 Å². The summed E-state index contributed by atoms with van der Waals surface area (Å²) in [6.07, 6.45) is 0.0576. The summed E-state index contributed by atoms with van der Waals surface area (Å²) in [5.74, 6) is -0.250. The topological polar surface area (TPSA) is 66.4 Å². The first-order valence-corrected chi connectivity index (χ1v) is 7.80. The summed E-state index contributed by atoms with van der Waals surface area (Å²) in [7, 11) is -3.40. The van der Waals surface area contributed by atoms with Crippen LogP contribution in [0.25, 0.3) is 0 Å². The number of hydrogen-bond acceptors (Lipinski definition) is 4. The predicted octanol–water partition coefficient (Wildman–Crippen LogP) is 1.21. The molecule has 0 saturated carbocycles. The van der Waals surface area contributed by atoms with Crippen LogP contribution in [0.15, 0.2) is 35.2 Å². The average Bonchev–Trinajstić information content (AvgIpc) is 2.36. The largest absolute Gasteiger partial charge is 0.391 e. The molecule has 0 fully saturated rings. The third-order valence-electron chi connectivity index (χ3n) is 2.83. The van der Waals surface area contributed by atoms with E-state index in [1.807, 2.05) is 13.8 Å². The van der Waals surface area contributed by atoms with E-state index in [0.717, 1.165) is 6.42 Å². The molecule has 0 amide bonds. The van der Waals surface area contributed by atoms with Gasteiger partial charge in [0.1, 0.15) is 0 Å². The Morgan fingerprint density at radius 2 is 1.89 bits per heavy atom. The van der Waals surface area contributed by atoms with Crippen molar-refractivity contribution in [2.24, 2.45) is 0 Å². The predicted molar refractivity (Wildman–Crippen MR) is 72.3 cm³/mol. The van der Waals surface area contributed by atoms with Crippen molar-refractivity contribution in [3.63, 3.8) is 0 Å². The summed E-state index contributed by atoms with van der Waals surface area (Å²) in [6, 6.07) is 8.49. The summed E-state index contributed by atoms with van der Waals surface area (Å²) in [6.45, 7) is 4.32. The Bertz CT molecular complexity index is 445. The number of benzene rings is 1. The molecule has 2 atom stereocenters. The van der Waals surface area contributed by atoms with E-state index in [2.05, 4.69) is 5.32 Å². The van der Waals surface area contributed by atoms with Gasteiger partial charge in [0.25, 0.3) is 0 Å². The maximum atomic E-state index is 12.0. The third kappa shape index (κ3) is 4.76. The van der Waals surface area contributed by atoms with Crippen LogP contribution in [0.3, 0.4) is 0 Å². The first kappa shape index (κ1) is 15.1. The maximum Gasteiger partial charge on any atom is 0.180 e. The Labute approximate surface area is 109 Å². The molecule has 0 saturated heterocycles. The highest BCUT2D eigenvalue weighted by molar-refractivity contribution is 7.91. The van der Waals surface area contributed by atoms with Gasteiger partial charge in [0.05, 0.1) is 16.8 Å². The lowest BCUT2D eigenvalue weighted by Gasteiger charge is -2.15. The van der Waals surface area contributed by atoms with Crippen molar-refractivity contribution < 1.29 is 13.5 Å². The molecule has 0 aliphatic rings. The Balaban J connectivity index is 2.56. The van der Waals surface area contributed by atoms with E-state index in [1.165, 1.54) is 0 Å². The summed E-state index contributed by atoms with van der Waals surface area (Å²) in [5.41, 5.74) is 0. The maximum absolute atomic E-state index is 12.0. The molecule has 2 N–H and O–H groups in total. The fraction of sp³-hybridized carbons (Fsp3) is 0.538. The van der Waals surface area contributed by atoms with Crippen molar-refractivity contribution in [2.75, 3.05) is 12.3 Å². The molecule has 18 heavy (non-hydrogen) atoms. The molecule has 0 spiro atoms. The summed E-state index contributed by atoms with van der Waals surface area (Å²) in [4.78, 5) is 0.257. The fourth-order valence-corrected chi connectivity index (χ4v) is 2.91. The van der Waals surface area contributed by atoms with Gasteiger partial charge in [-0.1, -0.05) is 25.1 Å². The van der Waals surface area contributed by atoms with Gasteiger partial charge < -0.3 is 10.4 Å². The smallest absolute Gasteiger partial charge is 0.180 e. The van der Waals surface area contributed by atoms with Gasteiger partial charge in [-0.3, -0.25) is 0 Å². The first-order valence-electron chi connectivity index (χ1n) is 6.15. The van der Waals surface area contributed by atoms with E-state index in [9.17, 15) is 13.5 Å². The molecule has 0 aliphatic carbocycles. The highest BCUT2D eigenvalue weighted by Crippen LogP contribution is 2.11. The van der Waals surface area contributed by atoms with E-state index >= 15 is 0 Å². The lowest BCUT2D eigenvalue weighted by Crippen LogP contribution is -2.36. The summed E-state index contributed by atoms with van der Waals surface area (Å²) >= 11 is 0. The van der Waals surface area contributed by atoms with Crippen LogP contribution in [0.1, 0.15) is 20.3 Å². The second-order valence-electron chi connectivity index (χ2n) is 4.47. The van der Waals surface area contributed by atoms with Crippen molar-refractivity contribution in [2.45, 2.75) is 37.3 Å². The molecule has 5 heteroatoms. The molecule has 0 heterocycles. The number of aliphatic hydroxyl groups excluding tert-OH is 1. The zero-order valence-electron chi connectivity index (χ0n) is 10.8.